The number of halogens is 2. The van der Waals surface area contributed by atoms with Gasteiger partial charge in [0.1, 0.15) is 6.61 Å². The number of aromatic hydroxyl groups is 1. The van der Waals surface area contributed by atoms with E-state index in [9.17, 15) is 14.7 Å². The molecule has 1 N–H and O–H groups in total. The third-order valence-electron chi connectivity index (χ3n) is 5.52. The van der Waals surface area contributed by atoms with E-state index in [2.05, 4.69) is 20.9 Å². The lowest BCUT2D eigenvalue weighted by Gasteiger charge is -2.24. The number of phenolic OH excluding ortho intramolecular Hbond substituents is 1. The summed E-state index contributed by atoms with van der Waals surface area (Å²) in [6.45, 7) is 2.03. The molecule has 4 rings (SSSR count). The Morgan fingerprint density at radius 3 is 2.64 bits per heavy atom. The summed E-state index contributed by atoms with van der Waals surface area (Å²) in [6, 6.07) is 9.50. The van der Waals surface area contributed by atoms with Crippen LogP contribution in [-0.4, -0.2) is 43.1 Å². The lowest BCUT2D eigenvalue weighted by atomic mass is 9.96. The molecule has 0 radical (unpaired) electrons. The van der Waals surface area contributed by atoms with E-state index < -0.39 is 12.0 Å². The van der Waals surface area contributed by atoms with Gasteiger partial charge in [0.15, 0.2) is 16.3 Å². The average Bonchev–Trinajstić information content (AvgIpc) is 3.15. The largest absolute Gasteiger partial charge is 0.503 e. The predicted molar refractivity (Wildman–Crippen MR) is 140 cm³/mol. The van der Waals surface area contributed by atoms with Gasteiger partial charge in [-0.3, -0.25) is 9.36 Å². The van der Waals surface area contributed by atoms with Gasteiger partial charge < -0.3 is 19.3 Å². The van der Waals surface area contributed by atoms with Crippen molar-refractivity contribution in [1.29, 1.82) is 0 Å². The summed E-state index contributed by atoms with van der Waals surface area (Å²) < 4.78 is 17.9. The van der Waals surface area contributed by atoms with Crippen molar-refractivity contribution >= 4 is 50.9 Å². The first-order chi connectivity index (χ1) is 17.2. The van der Waals surface area contributed by atoms with Gasteiger partial charge in [0, 0.05) is 12.1 Å². The number of benzene rings is 2. The molecule has 0 spiro atoms. The summed E-state index contributed by atoms with van der Waals surface area (Å²) in [6.07, 6.45) is 1.69. The second-order valence-electron chi connectivity index (χ2n) is 7.82. The van der Waals surface area contributed by atoms with Crippen LogP contribution in [0.25, 0.3) is 6.08 Å². The van der Waals surface area contributed by atoms with Crippen molar-refractivity contribution in [2.24, 2.45) is 4.99 Å². The molecule has 0 amide bonds. The minimum absolute atomic E-state index is 0.0360. The maximum Gasteiger partial charge on any atom is 0.338 e. The van der Waals surface area contributed by atoms with E-state index in [1.165, 1.54) is 30.1 Å². The highest BCUT2D eigenvalue weighted by atomic mass is 79.9. The third kappa shape index (κ3) is 5.12. The van der Waals surface area contributed by atoms with Crippen LogP contribution in [0.1, 0.15) is 24.1 Å². The standard InChI is InChI=1S/C25H22BrClN2O6S/c1-13-20(24(32)35-9-8-33-2)21(15-4-6-16(27)7-5-15)29-23(31)19(36-25(29)28-13)12-14-10-17(26)22(30)18(11-14)34-3/h4-7,10-12,21,30H,8-9H2,1-3H3. The second kappa shape index (κ2) is 11.0. The number of hydrogen-bond donors (Lipinski definition) is 1. The lowest BCUT2D eigenvalue weighted by molar-refractivity contribution is -0.140. The normalized spacial score (nSPS) is 15.5. The van der Waals surface area contributed by atoms with Crippen LogP contribution in [0.4, 0.5) is 0 Å². The van der Waals surface area contributed by atoms with Gasteiger partial charge in [0.25, 0.3) is 5.56 Å². The number of phenols is 1. The number of thiazole rings is 1. The summed E-state index contributed by atoms with van der Waals surface area (Å²) >= 11 is 10.6. The number of ether oxygens (including phenoxy) is 3. The number of nitrogens with zero attached hydrogens (tertiary/aromatic N) is 2. The zero-order chi connectivity index (χ0) is 26.0. The maximum absolute atomic E-state index is 13.7. The zero-order valence-corrected chi connectivity index (χ0v) is 22.7. The number of carbonyl (C=O) groups excluding carboxylic acids is 1. The van der Waals surface area contributed by atoms with Gasteiger partial charge >= 0.3 is 5.97 Å². The molecule has 1 atom stereocenters. The molecule has 0 fully saturated rings. The Labute approximate surface area is 223 Å². The Hall–Kier alpha value is -2.92. The lowest BCUT2D eigenvalue weighted by Crippen LogP contribution is -2.40. The third-order valence-corrected chi connectivity index (χ3v) is 7.36. The number of carbonyl (C=O) groups is 1. The number of fused-ring (bicyclic) bond motifs is 1. The van der Waals surface area contributed by atoms with Crippen molar-refractivity contribution in [3.05, 3.63) is 88.0 Å². The average molecular weight is 594 g/mol. The topological polar surface area (TPSA) is 99.4 Å². The highest BCUT2D eigenvalue weighted by Gasteiger charge is 2.33. The van der Waals surface area contributed by atoms with Crippen molar-refractivity contribution < 1.29 is 24.1 Å². The first kappa shape index (κ1) is 26.2. The van der Waals surface area contributed by atoms with Gasteiger partial charge in [0.2, 0.25) is 0 Å². The predicted octanol–water partition coefficient (Wildman–Crippen LogP) is 3.55. The molecule has 2 aromatic carbocycles. The van der Waals surface area contributed by atoms with E-state index >= 15 is 0 Å². The molecule has 1 aliphatic rings. The molecule has 1 aliphatic heterocycles. The Kier molecular flexibility index (Phi) is 7.99. The molecular formula is C25H22BrClN2O6S. The quantitative estimate of drug-likeness (QED) is 0.332. The van der Waals surface area contributed by atoms with Gasteiger partial charge in [-0.05, 0) is 64.3 Å². The van der Waals surface area contributed by atoms with E-state index in [4.69, 9.17) is 25.8 Å². The van der Waals surface area contributed by atoms with Gasteiger partial charge in [0.05, 0.1) is 40.0 Å². The Balaban J connectivity index is 1.89. The zero-order valence-electron chi connectivity index (χ0n) is 19.6. The fourth-order valence-electron chi connectivity index (χ4n) is 3.82. The Morgan fingerprint density at radius 2 is 1.97 bits per heavy atom. The number of rotatable bonds is 7. The van der Waals surface area contributed by atoms with E-state index in [-0.39, 0.29) is 35.8 Å². The monoisotopic (exact) mass is 592 g/mol. The number of methoxy groups -OCH3 is 2. The van der Waals surface area contributed by atoms with E-state index in [0.29, 0.717) is 35.7 Å². The molecule has 1 aromatic heterocycles. The molecule has 36 heavy (non-hydrogen) atoms. The van der Waals surface area contributed by atoms with Gasteiger partial charge in [-0.2, -0.15) is 0 Å². The molecule has 1 unspecified atom stereocenters. The Bertz CT molecular complexity index is 1530. The van der Waals surface area contributed by atoms with Crippen molar-refractivity contribution in [3.8, 4) is 11.5 Å². The fraction of sp³-hybridized carbons (Fsp3) is 0.240. The van der Waals surface area contributed by atoms with E-state index in [1.807, 2.05) is 0 Å². The first-order valence-corrected chi connectivity index (χ1v) is 12.7. The van der Waals surface area contributed by atoms with Crippen molar-refractivity contribution in [1.82, 2.24) is 4.57 Å². The fourth-order valence-corrected chi connectivity index (χ4v) is 5.46. The van der Waals surface area contributed by atoms with Crippen molar-refractivity contribution in [2.75, 3.05) is 27.4 Å². The molecule has 0 saturated heterocycles. The second-order valence-corrected chi connectivity index (χ2v) is 10.1. The smallest absolute Gasteiger partial charge is 0.338 e. The highest BCUT2D eigenvalue weighted by Crippen LogP contribution is 2.35. The molecule has 0 bridgehead atoms. The van der Waals surface area contributed by atoms with Gasteiger partial charge in [-0.25, -0.2) is 9.79 Å². The van der Waals surface area contributed by atoms with Crippen LogP contribution in [0.2, 0.25) is 5.02 Å². The number of esters is 1. The Morgan fingerprint density at radius 1 is 1.25 bits per heavy atom. The minimum atomic E-state index is -0.753. The van der Waals surface area contributed by atoms with Crippen LogP contribution in [0.15, 0.2) is 61.9 Å². The summed E-state index contributed by atoms with van der Waals surface area (Å²) in [4.78, 5) is 31.8. The van der Waals surface area contributed by atoms with E-state index in [1.54, 1.807) is 49.4 Å². The SMILES string of the molecule is COCCOC(=O)C1=C(C)N=c2sc(=Cc3cc(Br)c(O)c(OC)c3)c(=O)n2C1c1ccc(Cl)cc1. The van der Waals surface area contributed by atoms with Crippen LogP contribution in [0, 0.1) is 0 Å². The summed E-state index contributed by atoms with van der Waals surface area (Å²) in [5, 5.41) is 10.6. The molecule has 11 heteroatoms. The summed E-state index contributed by atoms with van der Waals surface area (Å²) in [7, 11) is 2.96. The van der Waals surface area contributed by atoms with E-state index in [0.717, 1.165) is 0 Å². The van der Waals surface area contributed by atoms with Crippen LogP contribution in [-0.2, 0) is 14.3 Å². The summed E-state index contributed by atoms with van der Waals surface area (Å²) in [5.74, 6) is -0.347. The molecule has 0 aliphatic carbocycles. The summed E-state index contributed by atoms with van der Waals surface area (Å²) in [5.41, 5.74) is 1.73. The number of allylic oxidation sites excluding steroid dienone is 1. The number of aromatic nitrogens is 1. The minimum Gasteiger partial charge on any atom is -0.503 e. The number of hydrogen-bond acceptors (Lipinski definition) is 8. The maximum atomic E-state index is 13.7. The van der Waals surface area contributed by atoms with Crippen molar-refractivity contribution in [2.45, 2.75) is 13.0 Å². The molecule has 2 heterocycles. The highest BCUT2D eigenvalue weighted by molar-refractivity contribution is 9.10. The van der Waals surface area contributed by atoms with Gasteiger partial charge in [-0.1, -0.05) is 35.1 Å². The molecular weight excluding hydrogens is 572 g/mol. The first-order valence-electron chi connectivity index (χ1n) is 10.8. The molecule has 8 nitrogen and oxygen atoms in total. The molecule has 0 saturated carbocycles. The van der Waals surface area contributed by atoms with Crippen LogP contribution < -0.4 is 19.6 Å². The molecule has 188 valence electrons. The van der Waals surface area contributed by atoms with Crippen LogP contribution >= 0.6 is 38.9 Å². The van der Waals surface area contributed by atoms with Crippen molar-refractivity contribution in [3.63, 3.8) is 0 Å². The van der Waals surface area contributed by atoms with Crippen LogP contribution in [0.5, 0.6) is 11.5 Å². The van der Waals surface area contributed by atoms with Crippen LogP contribution in [0.3, 0.4) is 0 Å². The van der Waals surface area contributed by atoms with Gasteiger partial charge in [-0.15, -0.1) is 0 Å². The molecule has 3 aromatic rings.